The Morgan fingerprint density at radius 1 is 1.75 bits per heavy atom. The third-order valence-corrected chi connectivity index (χ3v) is 1.37. The second-order valence-electron chi connectivity index (χ2n) is 1.96. The van der Waals surface area contributed by atoms with E-state index in [0.717, 1.165) is 12.0 Å². The van der Waals surface area contributed by atoms with Gasteiger partial charge in [-0.05, 0) is 25.8 Å². The van der Waals surface area contributed by atoms with Gasteiger partial charge in [-0.2, -0.15) is 0 Å². The topological polar surface area (TPSA) is 20.2 Å². The Labute approximate surface area is 51.0 Å². The van der Waals surface area contributed by atoms with Crippen molar-refractivity contribution in [3.63, 3.8) is 0 Å². The number of aliphatic hydroxyl groups excluding tert-OH is 1. The Bertz CT molecular complexity index is 84.4. The predicted molar refractivity (Wildman–Crippen MR) is 35.7 cm³/mol. The van der Waals surface area contributed by atoms with Gasteiger partial charge in [0.1, 0.15) is 0 Å². The Hall–Kier alpha value is -0.300. The van der Waals surface area contributed by atoms with E-state index in [1.807, 2.05) is 26.8 Å². The minimum atomic E-state index is -0.222. The minimum Gasteiger partial charge on any atom is -0.389 e. The zero-order valence-electron chi connectivity index (χ0n) is 5.81. The molecule has 1 atom stereocenters. The fraction of sp³-hybridized carbons (Fsp3) is 0.714. The lowest BCUT2D eigenvalue weighted by Crippen LogP contribution is -2.04. The summed E-state index contributed by atoms with van der Waals surface area (Å²) in [5.74, 6) is 0. The molecule has 8 heavy (non-hydrogen) atoms. The first kappa shape index (κ1) is 7.70. The lowest BCUT2D eigenvalue weighted by Gasteiger charge is -2.05. The summed E-state index contributed by atoms with van der Waals surface area (Å²) in [6.07, 6.45) is 2.53. The zero-order valence-corrected chi connectivity index (χ0v) is 5.81. The van der Waals surface area contributed by atoms with Crippen LogP contribution in [0, 0.1) is 0 Å². The van der Waals surface area contributed by atoms with Gasteiger partial charge in [0.05, 0.1) is 6.10 Å². The zero-order chi connectivity index (χ0) is 6.57. The van der Waals surface area contributed by atoms with Crippen LogP contribution in [-0.2, 0) is 0 Å². The van der Waals surface area contributed by atoms with E-state index < -0.39 is 0 Å². The average molecular weight is 114 g/mol. The highest BCUT2D eigenvalue weighted by Crippen LogP contribution is 2.02. The molecule has 0 spiro atoms. The average Bonchev–Trinajstić information content (AvgIpc) is 1.84. The van der Waals surface area contributed by atoms with Crippen LogP contribution in [0.1, 0.15) is 27.2 Å². The molecule has 0 aliphatic carbocycles. The van der Waals surface area contributed by atoms with Crippen molar-refractivity contribution >= 4 is 0 Å². The molecule has 0 heterocycles. The summed E-state index contributed by atoms with van der Waals surface area (Å²) < 4.78 is 0. The van der Waals surface area contributed by atoms with Crippen LogP contribution >= 0.6 is 0 Å². The monoisotopic (exact) mass is 114 g/mol. The van der Waals surface area contributed by atoms with Crippen molar-refractivity contribution in [1.82, 2.24) is 0 Å². The lowest BCUT2D eigenvalue weighted by atomic mass is 10.1. The van der Waals surface area contributed by atoms with E-state index >= 15 is 0 Å². The molecule has 0 fully saturated rings. The van der Waals surface area contributed by atoms with Crippen LogP contribution in [0.4, 0.5) is 0 Å². The van der Waals surface area contributed by atoms with E-state index in [4.69, 9.17) is 5.11 Å². The van der Waals surface area contributed by atoms with Crippen molar-refractivity contribution in [1.29, 1.82) is 0 Å². The van der Waals surface area contributed by atoms with E-state index in [-0.39, 0.29) is 6.10 Å². The fourth-order valence-corrected chi connectivity index (χ4v) is 0.514. The Balaban J connectivity index is 3.63. The first-order chi connectivity index (χ1) is 3.72. The molecule has 0 radical (unpaired) electrons. The highest BCUT2D eigenvalue weighted by molar-refractivity contribution is 5.01. The third-order valence-electron chi connectivity index (χ3n) is 1.37. The van der Waals surface area contributed by atoms with Gasteiger partial charge < -0.3 is 5.11 Å². The quantitative estimate of drug-likeness (QED) is 0.542. The summed E-state index contributed by atoms with van der Waals surface area (Å²) in [5.41, 5.74) is 1.06. The first-order valence-electron chi connectivity index (χ1n) is 3.03. The molecule has 0 aliphatic heterocycles. The van der Waals surface area contributed by atoms with Crippen LogP contribution in [-0.4, -0.2) is 11.2 Å². The maximum atomic E-state index is 9.06. The Morgan fingerprint density at radius 3 is 2.38 bits per heavy atom. The molecule has 0 rings (SSSR count). The van der Waals surface area contributed by atoms with Crippen molar-refractivity contribution < 1.29 is 5.11 Å². The molecule has 1 unspecified atom stereocenters. The summed E-state index contributed by atoms with van der Waals surface area (Å²) in [7, 11) is 0. The number of hydrogen-bond donors (Lipinski definition) is 1. The summed E-state index contributed by atoms with van der Waals surface area (Å²) in [6.45, 7) is 5.85. The van der Waals surface area contributed by atoms with Crippen molar-refractivity contribution in [3.05, 3.63) is 11.6 Å². The molecule has 0 aromatic carbocycles. The molecule has 1 N–H and O–H groups in total. The molecule has 1 nitrogen and oxygen atoms in total. The maximum Gasteiger partial charge on any atom is 0.0744 e. The number of rotatable bonds is 2. The number of hydrogen-bond acceptors (Lipinski definition) is 1. The van der Waals surface area contributed by atoms with Crippen LogP contribution < -0.4 is 0 Å². The van der Waals surface area contributed by atoms with E-state index in [1.54, 1.807) is 0 Å². The van der Waals surface area contributed by atoms with Crippen LogP contribution in [0.5, 0.6) is 0 Å². The number of aliphatic hydroxyl groups is 1. The summed E-state index contributed by atoms with van der Waals surface area (Å²) in [6, 6.07) is 0. The minimum absolute atomic E-state index is 0.222. The normalized spacial score (nSPS) is 16.2. The van der Waals surface area contributed by atoms with Gasteiger partial charge in [-0.25, -0.2) is 0 Å². The smallest absolute Gasteiger partial charge is 0.0744 e. The standard InChI is InChI=1S/C7H14O/c1-4-6(3)7(8)5-2/h4,7-8H,5H2,1-3H3/b6-4-. The highest BCUT2D eigenvalue weighted by atomic mass is 16.3. The Kier molecular flexibility index (Phi) is 3.53. The molecular formula is C7H14O. The summed E-state index contributed by atoms with van der Waals surface area (Å²) >= 11 is 0. The van der Waals surface area contributed by atoms with Gasteiger partial charge in [-0.3, -0.25) is 0 Å². The van der Waals surface area contributed by atoms with Crippen LogP contribution in [0.2, 0.25) is 0 Å². The molecule has 0 aromatic heterocycles. The maximum absolute atomic E-state index is 9.06. The van der Waals surface area contributed by atoms with Gasteiger partial charge in [-0.15, -0.1) is 0 Å². The van der Waals surface area contributed by atoms with Gasteiger partial charge in [-0.1, -0.05) is 13.0 Å². The van der Waals surface area contributed by atoms with Gasteiger partial charge >= 0.3 is 0 Å². The molecular weight excluding hydrogens is 100 g/mol. The molecule has 0 aliphatic rings. The van der Waals surface area contributed by atoms with Gasteiger partial charge in [0, 0.05) is 0 Å². The predicted octanol–water partition coefficient (Wildman–Crippen LogP) is 1.72. The van der Waals surface area contributed by atoms with Crippen molar-refractivity contribution in [2.24, 2.45) is 0 Å². The van der Waals surface area contributed by atoms with Crippen molar-refractivity contribution in [2.75, 3.05) is 0 Å². The van der Waals surface area contributed by atoms with Crippen LogP contribution in [0.15, 0.2) is 11.6 Å². The molecule has 0 amide bonds. The Morgan fingerprint density at radius 2 is 2.25 bits per heavy atom. The molecule has 0 bridgehead atoms. The second-order valence-corrected chi connectivity index (χ2v) is 1.96. The van der Waals surface area contributed by atoms with Crippen LogP contribution in [0.3, 0.4) is 0 Å². The van der Waals surface area contributed by atoms with Crippen molar-refractivity contribution in [2.45, 2.75) is 33.3 Å². The fourth-order valence-electron chi connectivity index (χ4n) is 0.514. The summed E-state index contributed by atoms with van der Waals surface area (Å²) in [4.78, 5) is 0. The van der Waals surface area contributed by atoms with Crippen LogP contribution in [0.25, 0.3) is 0 Å². The first-order valence-corrected chi connectivity index (χ1v) is 3.03. The van der Waals surface area contributed by atoms with Gasteiger partial charge in [0.2, 0.25) is 0 Å². The largest absolute Gasteiger partial charge is 0.389 e. The van der Waals surface area contributed by atoms with Gasteiger partial charge in [0.15, 0.2) is 0 Å². The molecule has 0 saturated carbocycles. The lowest BCUT2D eigenvalue weighted by molar-refractivity contribution is 0.206. The molecule has 0 saturated heterocycles. The number of allylic oxidation sites excluding steroid dienone is 1. The molecule has 48 valence electrons. The van der Waals surface area contributed by atoms with E-state index in [1.165, 1.54) is 0 Å². The van der Waals surface area contributed by atoms with Gasteiger partial charge in [0.25, 0.3) is 0 Å². The van der Waals surface area contributed by atoms with E-state index in [0.29, 0.717) is 0 Å². The SMILES string of the molecule is C/C=C(/C)C(O)CC. The molecule has 0 aromatic rings. The van der Waals surface area contributed by atoms with E-state index in [2.05, 4.69) is 0 Å². The second kappa shape index (κ2) is 3.67. The summed E-state index contributed by atoms with van der Waals surface area (Å²) in [5, 5.41) is 9.06. The third kappa shape index (κ3) is 2.12. The van der Waals surface area contributed by atoms with E-state index in [9.17, 15) is 0 Å². The highest BCUT2D eigenvalue weighted by Gasteiger charge is 1.98. The van der Waals surface area contributed by atoms with Crippen molar-refractivity contribution in [3.8, 4) is 0 Å². The molecule has 1 heteroatoms.